The Labute approximate surface area is 193 Å². The van der Waals surface area contributed by atoms with Crippen LogP contribution in [0, 0.1) is 0 Å². The number of aliphatic hydroxyl groups is 1. The van der Waals surface area contributed by atoms with Crippen LogP contribution >= 0.6 is 11.6 Å². The molecule has 0 atom stereocenters. The van der Waals surface area contributed by atoms with Crippen LogP contribution < -0.4 is 9.47 Å². The van der Waals surface area contributed by atoms with Crippen molar-refractivity contribution in [2.24, 2.45) is 0 Å². The normalized spacial score (nSPS) is 11.0. The number of fused-ring (bicyclic) bond motifs is 1. The lowest BCUT2D eigenvalue weighted by atomic mass is 10.3. The second-order valence-electron chi connectivity index (χ2n) is 6.20. The summed E-state index contributed by atoms with van der Waals surface area (Å²) in [6.45, 7) is -0.0677. The van der Waals surface area contributed by atoms with Gasteiger partial charge in [0.25, 0.3) is 0 Å². The maximum Gasteiger partial charge on any atom is 0.490 e. The quantitative estimate of drug-likeness (QED) is 0.359. The van der Waals surface area contributed by atoms with Gasteiger partial charge in [0.1, 0.15) is 23.1 Å². The largest absolute Gasteiger partial charge is 0.490 e. The molecule has 0 bridgehead atoms. The molecule has 4 aromatic heterocycles. The first-order valence-electron chi connectivity index (χ1n) is 9.18. The third-order valence-corrected chi connectivity index (χ3v) is 4.23. The number of rotatable bonds is 6. The molecule has 4 rings (SSSR count). The van der Waals surface area contributed by atoms with Crippen molar-refractivity contribution in [3.63, 3.8) is 0 Å². The molecule has 15 heteroatoms. The van der Waals surface area contributed by atoms with E-state index in [9.17, 15) is 18.3 Å². The van der Waals surface area contributed by atoms with E-state index in [-0.39, 0.29) is 18.5 Å². The number of carboxylic acids is 1. The Bertz CT molecular complexity index is 1260. The number of nitrogens with zero attached hydrogens (tertiary/aromatic N) is 5. The Morgan fingerprint density at radius 3 is 2.35 bits per heavy atom. The smallest absolute Gasteiger partial charge is 0.475 e. The molecule has 0 saturated heterocycles. The Hall–Kier alpha value is -4.04. The highest BCUT2D eigenvalue weighted by Gasteiger charge is 2.38. The maximum atomic E-state index is 10.6. The molecule has 4 aromatic rings. The fourth-order valence-electron chi connectivity index (χ4n) is 2.42. The van der Waals surface area contributed by atoms with Crippen LogP contribution in [0.2, 0.25) is 5.02 Å². The molecule has 0 saturated carbocycles. The van der Waals surface area contributed by atoms with E-state index in [2.05, 4.69) is 29.9 Å². The zero-order chi connectivity index (χ0) is 24.7. The summed E-state index contributed by atoms with van der Waals surface area (Å²) in [5, 5.41) is 17.2. The van der Waals surface area contributed by atoms with Gasteiger partial charge in [-0.3, -0.25) is 4.98 Å². The second kappa shape index (κ2) is 10.7. The summed E-state index contributed by atoms with van der Waals surface area (Å²) in [6, 6.07) is 3.51. The minimum absolute atomic E-state index is 0.0517. The molecule has 0 aliphatic heterocycles. The van der Waals surface area contributed by atoms with Crippen molar-refractivity contribution >= 4 is 28.6 Å². The Balaban J connectivity index is 0.000000406. The minimum Gasteiger partial charge on any atom is -0.475 e. The van der Waals surface area contributed by atoms with Gasteiger partial charge in [0.15, 0.2) is 5.75 Å². The van der Waals surface area contributed by atoms with Crippen LogP contribution in [0.15, 0.2) is 43.2 Å². The van der Waals surface area contributed by atoms with Crippen LogP contribution in [0.5, 0.6) is 23.4 Å². The molecule has 11 nitrogen and oxygen atoms in total. The SMILES string of the molecule is O=C(O)C(F)(F)F.OCCc1[nH]c2nc(Oc3cccnc3)nc(Oc3cncnc3)c2c1Cl. The van der Waals surface area contributed by atoms with Crippen LogP contribution in [-0.4, -0.2) is 58.9 Å². The maximum absolute atomic E-state index is 10.6. The van der Waals surface area contributed by atoms with Gasteiger partial charge >= 0.3 is 18.2 Å². The number of carbonyl (C=O) groups is 1. The highest BCUT2D eigenvalue weighted by Crippen LogP contribution is 2.36. The van der Waals surface area contributed by atoms with Crippen molar-refractivity contribution in [1.29, 1.82) is 0 Å². The number of carboxylic acid groups (broad SMARTS) is 1. The van der Waals surface area contributed by atoms with E-state index < -0.39 is 12.1 Å². The summed E-state index contributed by atoms with van der Waals surface area (Å²) in [5.74, 6) is -1.73. The number of aromatic amines is 1. The number of aliphatic hydroxyl groups excluding tert-OH is 1. The van der Waals surface area contributed by atoms with Crippen LogP contribution in [0.25, 0.3) is 11.0 Å². The molecular formula is C19H14ClF3N6O5. The van der Waals surface area contributed by atoms with Crippen molar-refractivity contribution in [1.82, 2.24) is 29.9 Å². The first-order valence-corrected chi connectivity index (χ1v) is 9.56. The first kappa shape index (κ1) is 24.6. The summed E-state index contributed by atoms with van der Waals surface area (Å²) >= 11 is 6.44. The van der Waals surface area contributed by atoms with E-state index in [0.717, 1.165) is 0 Å². The monoisotopic (exact) mass is 498 g/mol. The van der Waals surface area contributed by atoms with Gasteiger partial charge in [-0.2, -0.15) is 23.1 Å². The summed E-state index contributed by atoms with van der Waals surface area (Å²) in [7, 11) is 0. The Morgan fingerprint density at radius 2 is 1.76 bits per heavy atom. The first-order chi connectivity index (χ1) is 16.2. The number of nitrogens with one attached hydrogen (secondary N) is 1. The number of ether oxygens (including phenoxy) is 2. The third kappa shape index (κ3) is 6.26. The molecule has 4 heterocycles. The zero-order valence-electron chi connectivity index (χ0n) is 16.8. The number of aromatic nitrogens is 6. The molecule has 0 unspecified atom stereocenters. The fraction of sp³-hybridized carbons (Fsp3) is 0.158. The predicted octanol–water partition coefficient (Wildman–Crippen LogP) is 3.55. The second-order valence-corrected chi connectivity index (χ2v) is 6.57. The lowest BCUT2D eigenvalue weighted by Gasteiger charge is -2.08. The summed E-state index contributed by atoms with van der Waals surface area (Å²) < 4.78 is 43.2. The van der Waals surface area contributed by atoms with Crippen LogP contribution in [-0.2, 0) is 11.2 Å². The lowest BCUT2D eigenvalue weighted by molar-refractivity contribution is -0.192. The number of alkyl halides is 3. The van der Waals surface area contributed by atoms with Crippen molar-refractivity contribution in [2.75, 3.05) is 6.61 Å². The van der Waals surface area contributed by atoms with Gasteiger partial charge in [-0.25, -0.2) is 14.8 Å². The summed E-state index contributed by atoms with van der Waals surface area (Å²) in [5.41, 5.74) is 1.04. The van der Waals surface area contributed by atoms with Crippen molar-refractivity contribution in [2.45, 2.75) is 12.6 Å². The molecule has 34 heavy (non-hydrogen) atoms. The minimum atomic E-state index is -5.08. The molecule has 0 aromatic carbocycles. The van der Waals surface area contributed by atoms with E-state index >= 15 is 0 Å². The van der Waals surface area contributed by atoms with Crippen molar-refractivity contribution in [3.8, 4) is 23.4 Å². The predicted molar refractivity (Wildman–Crippen MR) is 110 cm³/mol. The van der Waals surface area contributed by atoms with Gasteiger partial charge in [-0.1, -0.05) is 11.6 Å². The molecule has 0 fully saturated rings. The molecular weight excluding hydrogens is 485 g/mol. The van der Waals surface area contributed by atoms with E-state index in [1.807, 2.05) is 0 Å². The van der Waals surface area contributed by atoms with Gasteiger partial charge in [-0.05, 0) is 12.1 Å². The topological polar surface area (TPSA) is 156 Å². The van der Waals surface area contributed by atoms with Crippen LogP contribution in [0.3, 0.4) is 0 Å². The number of hydrogen-bond donors (Lipinski definition) is 3. The van der Waals surface area contributed by atoms with Gasteiger partial charge in [0, 0.05) is 24.9 Å². The molecule has 0 spiro atoms. The average Bonchev–Trinajstić information content (AvgIpc) is 3.10. The van der Waals surface area contributed by atoms with Crippen LogP contribution in [0.4, 0.5) is 13.2 Å². The zero-order valence-corrected chi connectivity index (χ0v) is 17.6. The highest BCUT2D eigenvalue weighted by atomic mass is 35.5. The lowest BCUT2D eigenvalue weighted by Crippen LogP contribution is -2.21. The number of aliphatic carboxylic acids is 1. The number of hydrogen-bond acceptors (Lipinski definition) is 9. The average molecular weight is 499 g/mol. The van der Waals surface area contributed by atoms with Gasteiger partial charge in [0.2, 0.25) is 5.88 Å². The molecule has 0 aliphatic rings. The van der Waals surface area contributed by atoms with E-state index in [4.69, 9.17) is 31.0 Å². The van der Waals surface area contributed by atoms with E-state index in [0.29, 0.717) is 39.7 Å². The van der Waals surface area contributed by atoms with Crippen molar-refractivity contribution < 1.29 is 37.7 Å². The highest BCUT2D eigenvalue weighted by molar-refractivity contribution is 6.36. The number of H-pyrrole nitrogens is 1. The fourth-order valence-corrected chi connectivity index (χ4v) is 2.74. The molecule has 0 aliphatic carbocycles. The van der Waals surface area contributed by atoms with E-state index in [1.54, 1.807) is 18.3 Å². The number of halogens is 4. The molecule has 0 radical (unpaired) electrons. The van der Waals surface area contributed by atoms with Crippen molar-refractivity contribution in [3.05, 3.63) is 54.0 Å². The Kier molecular flexibility index (Phi) is 7.75. The van der Waals surface area contributed by atoms with Crippen LogP contribution in [0.1, 0.15) is 5.69 Å². The Morgan fingerprint density at radius 1 is 1.09 bits per heavy atom. The summed E-state index contributed by atoms with van der Waals surface area (Å²) in [6.07, 6.45) is 2.81. The number of pyridine rings is 1. The third-order valence-electron chi connectivity index (χ3n) is 3.81. The summed E-state index contributed by atoms with van der Waals surface area (Å²) in [4.78, 5) is 32.4. The van der Waals surface area contributed by atoms with Gasteiger partial charge < -0.3 is 24.7 Å². The van der Waals surface area contributed by atoms with Gasteiger partial charge in [0.05, 0.1) is 23.6 Å². The molecule has 3 N–H and O–H groups in total. The molecule has 178 valence electrons. The van der Waals surface area contributed by atoms with E-state index in [1.165, 1.54) is 24.9 Å². The molecule has 0 amide bonds. The van der Waals surface area contributed by atoms with Gasteiger partial charge in [-0.15, -0.1) is 0 Å². The standard InChI is InChI=1S/C17H13ClN6O3.C2HF3O2/c18-14-12(3-5-25)22-15-13(14)16(26-11-7-20-9-21-8-11)24-17(23-15)27-10-2-1-4-19-6-10;3-2(4,5)1(6)7/h1-2,4,6-9,25H,3,5H2,(H,22,23,24);(H,6,7).